The van der Waals surface area contributed by atoms with Gasteiger partial charge in [0.2, 0.25) is 5.78 Å². The molecular formula is C9H6ClF3O2. The Hall–Kier alpha value is -1.23. The van der Waals surface area contributed by atoms with E-state index in [0.29, 0.717) is 6.07 Å². The van der Waals surface area contributed by atoms with Crippen molar-refractivity contribution in [3.8, 4) is 5.75 Å². The molecule has 0 saturated carbocycles. The van der Waals surface area contributed by atoms with Crippen LogP contribution in [0.3, 0.4) is 0 Å². The zero-order chi connectivity index (χ0) is 11.6. The standard InChI is InChI=1S/C9H6ClF3O2/c1-15-7-3-5(2-6(11)4-7)8(14)9(10,12)13/h2-4H,1H3. The third kappa shape index (κ3) is 2.86. The molecule has 0 aliphatic rings. The Morgan fingerprint density at radius 1 is 1.40 bits per heavy atom. The van der Waals surface area contributed by atoms with E-state index in [2.05, 4.69) is 16.3 Å². The lowest BCUT2D eigenvalue weighted by Gasteiger charge is -2.08. The number of alkyl halides is 3. The number of ketones is 1. The van der Waals surface area contributed by atoms with Crippen molar-refractivity contribution in [3.05, 3.63) is 29.6 Å². The van der Waals surface area contributed by atoms with Crippen LogP contribution in [0.15, 0.2) is 18.2 Å². The summed E-state index contributed by atoms with van der Waals surface area (Å²) < 4.78 is 42.3. The summed E-state index contributed by atoms with van der Waals surface area (Å²) in [7, 11) is 1.22. The molecule has 0 aromatic heterocycles. The second kappa shape index (κ2) is 4.10. The summed E-state index contributed by atoms with van der Waals surface area (Å²) in [5, 5.41) is -4.04. The zero-order valence-corrected chi connectivity index (χ0v) is 8.32. The maximum atomic E-state index is 12.8. The molecule has 15 heavy (non-hydrogen) atoms. The van der Waals surface area contributed by atoms with Gasteiger partial charge in [0.1, 0.15) is 11.6 Å². The van der Waals surface area contributed by atoms with E-state index in [1.54, 1.807) is 0 Å². The summed E-state index contributed by atoms with van der Waals surface area (Å²) in [6.45, 7) is 0. The number of benzene rings is 1. The highest BCUT2D eigenvalue weighted by atomic mass is 35.5. The molecular weight excluding hydrogens is 233 g/mol. The number of hydrogen-bond donors (Lipinski definition) is 0. The third-order valence-electron chi connectivity index (χ3n) is 1.63. The van der Waals surface area contributed by atoms with Crippen LogP contribution in [0.2, 0.25) is 0 Å². The highest BCUT2D eigenvalue weighted by Gasteiger charge is 2.36. The summed E-state index contributed by atoms with van der Waals surface area (Å²) in [4.78, 5) is 11.0. The van der Waals surface area contributed by atoms with E-state index < -0.39 is 22.5 Å². The lowest BCUT2D eigenvalue weighted by atomic mass is 10.1. The van der Waals surface area contributed by atoms with Crippen molar-refractivity contribution in [2.24, 2.45) is 0 Å². The monoisotopic (exact) mass is 238 g/mol. The van der Waals surface area contributed by atoms with Crippen LogP contribution in [0.5, 0.6) is 5.75 Å². The number of carbonyl (C=O) groups excluding carboxylic acids is 1. The molecule has 0 heterocycles. The first-order valence-electron chi connectivity index (χ1n) is 3.80. The molecule has 0 atom stereocenters. The van der Waals surface area contributed by atoms with Gasteiger partial charge in [-0.15, -0.1) is 0 Å². The summed E-state index contributed by atoms with van der Waals surface area (Å²) >= 11 is 4.52. The summed E-state index contributed by atoms with van der Waals surface area (Å²) in [5.74, 6) is -2.54. The second-order valence-corrected chi connectivity index (χ2v) is 3.18. The van der Waals surface area contributed by atoms with Crippen molar-refractivity contribution in [1.29, 1.82) is 0 Å². The van der Waals surface area contributed by atoms with Gasteiger partial charge in [-0.05, 0) is 23.7 Å². The molecule has 1 aromatic rings. The first-order chi connectivity index (χ1) is 6.84. The van der Waals surface area contributed by atoms with E-state index in [9.17, 15) is 18.0 Å². The predicted octanol–water partition coefficient (Wildman–Crippen LogP) is 2.85. The van der Waals surface area contributed by atoms with Crippen LogP contribution < -0.4 is 4.74 Å². The minimum absolute atomic E-state index is 0.0285. The number of Topliss-reactive ketones (excluding diaryl/α,β-unsaturated/α-hetero) is 1. The molecule has 0 saturated heterocycles. The fraction of sp³-hybridized carbons (Fsp3) is 0.222. The van der Waals surface area contributed by atoms with Crippen molar-refractivity contribution in [2.75, 3.05) is 7.11 Å². The number of methoxy groups -OCH3 is 1. The molecule has 0 unspecified atom stereocenters. The highest BCUT2D eigenvalue weighted by Crippen LogP contribution is 2.26. The van der Waals surface area contributed by atoms with Crippen molar-refractivity contribution in [3.63, 3.8) is 0 Å². The molecule has 0 amide bonds. The Bertz CT molecular complexity index is 387. The number of hydrogen-bond acceptors (Lipinski definition) is 2. The fourth-order valence-corrected chi connectivity index (χ4v) is 1.08. The smallest absolute Gasteiger partial charge is 0.384 e. The average Bonchev–Trinajstić information content (AvgIpc) is 2.14. The van der Waals surface area contributed by atoms with Gasteiger partial charge in [-0.3, -0.25) is 4.79 Å². The van der Waals surface area contributed by atoms with Crippen LogP contribution in [0, 0.1) is 5.82 Å². The summed E-state index contributed by atoms with van der Waals surface area (Å²) in [6, 6.07) is 2.62. The van der Waals surface area contributed by atoms with Gasteiger partial charge in [0.15, 0.2) is 0 Å². The Kier molecular flexibility index (Phi) is 3.24. The minimum atomic E-state index is -4.04. The molecule has 1 rings (SSSR count). The number of ether oxygens (including phenoxy) is 1. The maximum Gasteiger partial charge on any atom is 0.384 e. The van der Waals surface area contributed by atoms with E-state index in [1.165, 1.54) is 7.11 Å². The SMILES string of the molecule is COc1cc(F)cc(C(=O)C(F)(F)Cl)c1. The molecule has 0 spiro atoms. The molecule has 0 bridgehead atoms. The third-order valence-corrected chi connectivity index (χ3v) is 1.80. The van der Waals surface area contributed by atoms with Gasteiger partial charge in [-0.1, -0.05) is 0 Å². The van der Waals surface area contributed by atoms with Gasteiger partial charge in [-0.25, -0.2) is 4.39 Å². The van der Waals surface area contributed by atoms with Crippen molar-refractivity contribution in [2.45, 2.75) is 5.38 Å². The Morgan fingerprint density at radius 2 is 2.00 bits per heavy atom. The Balaban J connectivity index is 3.15. The van der Waals surface area contributed by atoms with Gasteiger partial charge in [0.25, 0.3) is 0 Å². The van der Waals surface area contributed by atoms with Crippen LogP contribution in [-0.4, -0.2) is 18.3 Å². The zero-order valence-electron chi connectivity index (χ0n) is 7.56. The molecule has 0 radical (unpaired) electrons. The summed E-state index contributed by atoms with van der Waals surface area (Å²) in [6.07, 6.45) is 0. The highest BCUT2D eigenvalue weighted by molar-refractivity contribution is 6.35. The maximum absolute atomic E-state index is 12.8. The molecule has 82 valence electrons. The van der Waals surface area contributed by atoms with Crippen molar-refractivity contribution < 1.29 is 22.7 Å². The first kappa shape index (κ1) is 11.8. The van der Waals surface area contributed by atoms with Crippen molar-refractivity contribution >= 4 is 17.4 Å². The average molecular weight is 239 g/mol. The van der Waals surface area contributed by atoms with Crippen LogP contribution in [0.25, 0.3) is 0 Å². The van der Waals surface area contributed by atoms with Crippen LogP contribution in [0.4, 0.5) is 13.2 Å². The molecule has 6 heteroatoms. The van der Waals surface area contributed by atoms with E-state index in [4.69, 9.17) is 0 Å². The van der Waals surface area contributed by atoms with Gasteiger partial charge in [0.05, 0.1) is 7.11 Å². The lowest BCUT2D eigenvalue weighted by molar-refractivity contribution is 0.0535. The lowest BCUT2D eigenvalue weighted by Crippen LogP contribution is -2.21. The molecule has 2 nitrogen and oxygen atoms in total. The molecule has 0 fully saturated rings. The number of carbonyl (C=O) groups is 1. The van der Waals surface area contributed by atoms with Gasteiger partial charge in [-0.2, -0.15) is 8.78 Å². The number of halogens is 4. The largest absolute Gasteiger partial charge is 0.497 e. The quantitative estimate of drug-likeness (QED) is 0.598. The Morgan fingerprint density at radius 3 is 2.47 bits per heavy atom. The Labute approximate surface area is 88.6 Å². The van der Waals surface area contributed by atoms with Crippen LogP contribution in [-0.2, 0) is 0 Å². The normalized spacial score (nSPS) is 11.3. The topological polar surface area (TPSA) is 26.3 Å². The second-order valence-electron chi connectivity index (χ2n) is 2.71. The van der Waals surface area contributed by atoms with E-state index in [1.807, 2.05) is 0 Å². The van der Waals surface area contributed by atoms with E-state index in [-0.39, 0.29) is 5.75 Å². The van der Waals surface area contributed by atoms with Crippen LogP contribution in [0.1, 0.15) is 10.4 Å². The molecule has 1 aromatic carbocycles. The van der Waals surface area contributed by atoms with Crippen LogP contribution >= 0.6 is 11.6 Å². The van der Waals surface area contributed by atoms with Gasteiger partial charge >= 0.3 is 5.38 Å². The molecule has 0 aliphatic heterocycles. The minimum Gasteiger partial charge on any atom is -0.497 e. The van der Waals surface area contributed by atoms with E-state index in [0.717, 1.165) is 12.1 Å². The van der Waals surface area contributed by atoms with Gasteiger partial charge < -0.3 is 4.74 Å². The van der Waals surface area contributed by atoms with Crippen molar-refractivity contribution in [1.82, 2.24) is 0 Å². The predicted molar refractivity (Wildman–Crippen MR) is 48.1 cm³/mol. The van der Waals surface area contributed by atoms with E-state index >= 15 is 0 Å². The number of rotatable bonds is 3. The summed E-state index contributed by atoms with van der Waals surface area (Å²) in [5.41, 5.74) is -0.535. The molecule has 0 N–H and O–H groups in total. The molecule has 0 aliphatic carbocycles. The fourth-order valence-electron chi connectivity index (χ4n) is 0.975. The first-order valence-corrected chi connectivity index (χ1v) is 4.18. The van der Waals surface area contributed by atoms with Gasteiger partial charge in [0, 0.05) is 11.6 Å².